The average Bonchev–Trinajstić information content (AvgIpc) is 3.31. The molecule has 0 saturated carbocycles. The van der Waals surface area contributed by atoms with Crippen LogP contribution in [0.15, 0.2) is 73.1 Å². The van der Waals surface area contributed by atoms with Crippen LogP contribution in [-0.2, 0) is 6.54 Å². The lowest BCUT2D eigenvalue weighted by molar-refractivity contribution is 0.0399. The van der Waals surface area contributed by atoms with Gasteiger partial charge in [0, 0.05) is 18.9 Å². The molecule has 4 rings (SSSR count). The van der Waals surface area contributed by atoms with E-state index in [0.717, 1.165) is 23.8 Å². The second-order valence-corrected chi connectivity index (χ2v) is 10.4. The fourth-order valence-corrected chi connectivity index (χ4v) is 4.45. The van der Waals surface area contributed by atoms with Crippen LogP contribution < -0.4 is 5.73 Å². The molecule has 2 heterocycles. The number of carbonyl (C=O) groups excluding carboxylic acids is 1. The highest BCUT2D eigenvalue weighted by atomic mass is 19.1. The minimum atomic E-state index is -1.51. The summed E-state index contributed by atoms with van der Waals surface area (Å²) in [5, 5.41) is 4.56. The summed E-state index contributed by atoms with van der Waals surface area (Å²) in [6.45, 7) is 5.30. The Morgan fingerprint density at radius 1 is 1.08 bits per heavy atom. The maximum Gasteiger partial charge on any atom is 0.256 e. The Hall–Kier alpha value is -4.05. The topological polar surface area (TPSA) is 89.9 Å². The molecule has 0 saturated heterocycles. The summed E-state index contributed by atoms with van der Waals surface area (Å²) >= 11 is 0. The van der Waals surface area contributed by atoms with E-state index in [2.05, 4.69) is 15.1 Å². The van der Waals surface area contributed by atoms with Gasteiger partial charge in [0.05, 0.1) is 30.3 Å². The maximum absolute atomic E-state index is 14.9. The summed E-state index contributed by atoms with van der Waals surface area (Å²) in [4.78, 5) is 23.9. The van der Waals surface area contributed by atoms with E-state index < -0.39 is 35.2 Å². The van der Waals surface area contributed by atoms with Crippen LogP contribution in [0.25, 0.3) is 11.4 Å². The van der Waals surface area contributed by atoms with Gasteiger partial charge in [-0.05, 0) is 41.3 Å². The number of nitrogens with two attached hydrogens (primary N) is 1. The zero-order valence-electron chi connectivity index (χ0n) is 22.1. The van der Waals surface area contributed by atoms with Crippen molar-refractivity contribution in [2.45, 2.75) is 39.5 Å². The number of carbonyl (C=O) groups is 1. The van der Waals surface area contributed by atoms with Crippen molar-refractivity contribution in [3.8, 4) is 11.4 Å². The number of benzene rings is 2. The lowest BCUT2D eigenvalue weighted by Crippen LogP contribution is -2.46. The summed E-state index contributed by atoms with van der Waals surface area (Å²) in [7, 11) is 0. The number of amides is 1. The first kappa shape index (κ1) is 28.0. The Morgan fingerprint density at radius 2 is 1.82 bits per heavy atom. The first-order valence-electron chi connectivity index (χ1n) is 12.6. The zero-order valence-corrected chi connectivity index (χ0v) is 22.1. The van der Waals surface area contributed by atoms with Gasteiger partial charge < -0.3 is 10.6 Å². The SMILES string of the molecule is CC(C)(C)[C@H](c1nc(-c2cc(F)ccc2F)nn1Cc1ccccc1)N(CC(F)CN)C(=O)c1cccnc1. The second-order valence-electron chi connectivity index (χ2n) is 10.4. The van der Waals surface area contributed by atoms with Crippen LogP contribution in [0.2, 0.25) is 0 Å². The van der Waals surface area contributed by atoms with Gasteiger partial charge >= 0.3 is 0 Å². The van der Waals surface area contributed by atoms with Crippen molar-refractivity contribution < 1.29 is 18.0 Å². The van der Waals surface area contributed by atoms with Crippen LogP contribution >= 0.6 is 0 Å². The van der Waals surface area contributed by atoms with E-state index in [4.69, 9.17) is 5.73 Å². The van der Waals surface area contributed by atoms with Crippen molar-refractivity contribution in [1.82, 2.24) is 24.6 Å². The van der Waals surface area contributed by atoms with Gasteiger partial charge in [-0.15, -0.1) is 0 Å². The van der Waals surface area contributed by atoms with Crippen molar-refractivity contribution in [3.05, 3.63) is 102 Å². The molecule has 0 spiro atoms. The standard InChI is InChI=1S/C29H31F3N6O/c1-29(2,3)25(37(18-22(31)15-33)28(39)20-10-7-13-34-16-20)27-35-26(23-14-21(30)11-12-24(23)32)36-38(27)17-19-8-5-4-6-9-19/h4-14,16,22,25H,15,17-18,33H2,1-3H3/t22?,25-/m0/s1. The number of hydrogen-bond donors (Lipinski definition) is 1. The third-order valence-corrected chi connectivity index (χ3v) is 6.24. The monoisotopic (exact) mass is 536 g/mol. The number of pyridine rings is 1. The average molecular weight is 537 g/mol. The molecule has 0 aliphatic rings. The van der Waals surface area contributed by atoms with Gasteiger partial charge in [-0.25, -0.2) is 22.8 Å². The molecule has 39 heavy (non-hydrogen) atoms. The second kappa shape index (κ2) is 11.8. The van der Waals surface area contributed by atoms with Crippen molar-refractivity contribution in [2.24, 2.45) is 11.1 Å². The zero-order chi connectivity index (χ0) is 28.2. The molecular weight excluding hydrogens is 505 g/mol. The van der Waals surface area contributed by atoms with E-state index in [1.165, 1.54) is 17.3 Å². The van der Waals surface area contributed by atoms with Crippen LogP contribution in [0, 0.1) is 17.0 Å². The van der Waals surface area contributed by atoms with E-state index in [-0.39, 0.29) is 36.6 Å². The van der Waals surface area contributed by atoms with Gasteiger partial charge in [-0.3, -0.25) is 9.78 Å². The summed E-state index contributed by atoms with van der Waals surface area (Å²) < 4.78 is 45.3. The highest BCUT2D eigenvalue weighted by Gasteiger charge is 2.40. The first-order chi connectivity index (χ1) is 18.6. The number of aromatic nitrogens is 4. The minimum Gasteiger partial charge on any atom is -0.328 e. The van der Waals surface area contributed by atoms with Gasteiger partial charge in [-0.2, -0.15) is 5.10 Å². The summed E-state index contributed by atoms with van der Waals surface area (Å²) in [5.74, 6) is -1.55. The van der Waals surface area contributed by atoms with E-state index in [1.807, 2.05) is 51.1 Å². The third-order valence-electron chi connectivity index (χ3n) is 6.24. The Kier molecular flexibility index (Phi) is 8.44. The van der Waals surface area contributed by atoms with Gasteiger partial charge in [0.1, 0.15) is 17.8 Å². The molecule has 1 amide bonds. The van der Waals surface area contributed by atoms with E-state index >= 15 is 0 Å². The van der Waals surface area contributed by atoms with Gasteiger partial charge in [0.15, 0.2) is 11.6 Å². The molecule has 1 unspecified atom stereocenters. The molecule has 0 fully saturated rings. The van der Waals surface area contributed by atoms with Gasteiger partial charge in [0.25, 0.3) is 5.91 Å². The molecule has 7 nitrogen and oxygen atoms in total. The highest BCUT2D eigenvalue weighted by molar-refractivity contribution is 5.94. The lowest BCUT2D eigenvalue weighted by atomic mass is 9.84. The van der Waals surface area contributed by atoms with Crippen molar-refractivity contribution in [2.75, 3.05) is 13.1 Å². The molecule has 2 aromatic carbocycles. The van der Waals surface area contributed by atoms with E-state index in [9.17, 15) is 18.0 Å². The number of nitrogens with zero attached hydrogens (tertiary/aromatic N) is 5. The van der Waals surface area contributed by atoms with E-state index in [0.29, 0.717) is 5.82 Å². The molecule has 0 aliphatic heterocycles. The van der Waals surface area contributed by atoms with Crippen LogP contribution in [0.5, 0.6) is 0 Å². The summed E-state index contributed by atoms with van der Waals surface area (Å²) in [6, 6.07) is 14.8. The molecule has 0 aliphatic carbocycles. The molecular formula is C29H31F3N6O. The highest BCUT2D eigenvalue weighted by Crippen LogP contribution is 2.39. The molecule has 4 aromatic rings. The predicted molar refractivity (Wildman–Crippen MR) is 142 cm³/mol. The summed E-state index contributed by atoms with van der Waals surface area (Å²) in [6.07, 6.45) is 1.44. The van der Waals surface area contributed by atoms with Crippen molar-refractivity contribution in [1.29, 1.82) is 0 Å². The molecule has 10 heteroatoms. The van der Waals surface area contributed by atoms with E-state index in [1.54, 1.807) is 16.8 Å². The number of halogens is 3. The van der Waals surface area contributed by atoms with Crippen LogP contribution in [-0.4, -0.2) is 49.8 Å². The largest absolute Gasteiger partial charge is 0.328 e. The fraction of sp³-hybridized carbons (Fsp3) is 0.310. The normalized spacial score (nSPS) is 13.2. The fourth-order valence-electron chi connectivity index (χ4n) is 4.45. The van der Waals surface area contributed by atoms with Crippen LogP contribution in [0.1, 0.15) is 48.6 Å². The van der Waals surface area contributed by atoms with Crippen LogP contribution in [0.3, 0.4) is 0 Å². The molecule has 0 bridgehead atoms. The predicted octanol–water partition coefficient (Wildman–Crippen LogP) is 5.19. The quantitative estimate of drug-likeness (QED) is 0.318. The molecule has 2 N–H and O–H groups in total. The maximum atomic E-state index is 14.9. The number of alkyl halides is 1. The smallest absolute Gasteiger partial charge is 0.256 e. The minimum absolute atomic E-state index is 0.0448. The van der Waals surface area contributed by atoms with Gasteiger partial charge in [0.2, 0.25) is 0 Å². The Balaban J connectivity index is 1.92. The molecule has 204 valence electrons. The van der Waals surface area contributed by atoms with Crippen molar-refractivity contribution in [3.63, 3.8) is 0 Å². The lowest BCUT2D eigenvalue weighted by Gasteiger charge is -2.40. The first-order valence-corrected chi connectivity index (χ1v) is 12.6. The Labute approximate surface area is 225 Å². The van der Waals surface area contributed by atoms with Gasteiger partial charge in [-0.1, -0.05) is 51.1 Å². The molecule has 0 radical (unpaired) electrons. The third kappa shape index (κ3) is 6.51. The molecule has 2 atom stereocenters. The Morgan fingerprint density at radius 3 is 2.46 bits per heavy atom. The summed E-state index contributed by atoms with van der Waals surface area (Å²) in [5.41, 5.74) is 5.94. The molecule has 2 aromatic heterocycles. The number of rotatable bonds is 9. The van der Waals surface area contributed by atoms with Crippen LogP contribution in [0.4, 0.5) is 13.2 Å². The number of hydrogen-bond acceptors (Lipinski definition) is 5. The van der Waals surface area contributed by atoms with Crippen molar-refractivity contribution >= 4 is 5.91 Å². The Bertz CT molecular complexity index is 1410.